The number of thiophene rings is 1. The molecule has 0 spiro atoms. The Bertz CT molecular complexity index is 364. The summed E-state index contributed by atoms with van der Waals surface area (Å²) < 4.78 is 1.13. The first-order valence-corrected chi connectivity index (χ1v) is 7.52. The Morgan fingerprint density at radius 2 is 2.19 bits per heavy atom. The van der Waals surface area contributed by atoms with E-state index in [2.05, 4.69) is 33.5 Å². The molecule has 16 heavy (non-hydrogen) atoms. The topological polar surface area (TPSA) is 20.2 Å². The van der Waals surface area contributed by atoms with Crippen molar-refractivity contribution in [2.24, 2.45) is 5.92 Å². The standard InChI is InChI=1S/C13H17BrOS/c14-12-7-13(16-9-12)6-11(8-15)10-4-2-1-3-5-10/h6-7,9-10,15H,1-5,8H2. The minimum Gasteiger partial charge on any atom is -0.392 e. The normalized spacial score (nSPS) is 19.0. The zero-order chi connectivity index (χ0) is 11.4. The maximum atomic E-state index is 9.47. The molecular weight excluding hydrogens is 284 g/mol. The predicted molar refractivity (Wildman–Crippen MR) is 73.7 cm³/mol. The lowest BCUT2D eigenvalue weighted by Gasteiger charge is -2.23. The first-order chi connectivity index (χ1) is 7.79. The Balaban J connectivity index is 2.11. The Morgan fingerprint density at radius 1 is 1.44 bits per heavy atom. The molecule has 1 N–H and O–H groups in total. The van der Waals surface area contributed by atoms with E-state index in [1.54, 1.807) is 11.3 Å². The summed E-state index contributed by atoms with van der Waals surface area (Å²) in [7, 11) is 0. The van der Waals surface area contributed by atoms with E-state index in [1.165, 1.54) is 42.6 Å². The second-order valence-corrected chi connectivity index (χ2v) is 6.24. The van der Waals surface area contributed by atoms with E-state index in [-0.39, 0.29) is 6.61 Å². The molecule has 1 heterocycles. The third kappa shape index (κ3) is 3.19. The molecule has 0 aromatic carbocycles. The molecule has 3 heteroatoms. The smallest absolute Gasteiger partial charge is 0.0648 e. The van der Waals surface area contributed by atoms with E-state index >= 15 is 0 Å². The van der Waals surface area contributed by atoms with Gasteiger partial charge in [0, 0.05) is 14.7 Å². The van der Waals surface area contributed by atoms with Crippen LogP contribution in [-0.2, 0) is 0 Å². The summed E-state index contributed by atoms with van der Waals surface area (Å²) in [4.78, 5) is 1.24. The van der Waals surface area contributed by atoms with Crippen LogP contribution < -0.4 is 0 Å². The third-order valence-corrected chi connectivity index (χ3v) is 4.87. The third-order valence-electron chi connectivity index (χ3n) is 3.23. The van der Waals surface area contributed by atoms with Gasteiger partial charge in [0.15, 0.2) is 0 Å². The molecule has 1 aromatic rings. The van der Waals surface area contributed by atoms with Crippen LogP contribution in [0.2, 0.25) is 0 Å². The van der Waals surface area contributed by atoms with Gasteiger partial charge in [0.25, 0.3) is 0 Å². The van der Waals surface area contributed by atoms with E-state index in [0.29, 0.717) is 5.92 Å². The molecule has 1 aliphatic rings. The molecule has 1 fully saturated rings. The van der Waals surface area contributed by atoms with Gasteiger partial charge in [-0.25, -0.2) is 0 Å². The van der Waals surface area contributed by atoms with E-state index < -0.39 is 0 Å². The number of hydrogen-bond donors (Lipinski definition) is 1. The highest BCUT2D eigenvalue weighted by atomic mass is 79.9. The largest absolute Gasteiger partial charge is 0.392 e. The summed E-state index contributed by atoms with van der Waals surface area (Å²) in [6, 6.07) is 2.11. The average molecular weight is 301 g/mol. The lowest BCUT2D eigenvalue weighted by molar-refractivity contribution is 0.295. The molecule has 0 unspecified atom stereocenters. The Kier molecular flexibility index (Phi) is 4.62. The predicted octanol–water partition coefficient (Wildman–Crippen LogP) is 4.47. The lowest BCUT2D eigenvalue weighted by atomic mass is 9.84. The van der Waals surface area contributed by atoms with Crippen LogP contribution in [0.1, 0.15) is 37.0 Å². The number of rotatable bonds is 3. The van der Waals surface area contributed by atoms with E-state index in [1.807, 2.05) is 0 Å². The van der Waals surface area contributed by atoms with Crippen molar-refractivity contribution < 1.29 is 5.11 Å². The second kappa shape index (κ2) is 5.99. The molecular formula is C13H17BrOS. The first-order valence-electron chi connectivity index (χ1n) is 5.85. The van der Waals surface area contributed by atoms with Gasteiger partial charge in [-0.2, -0.15) is 0 Å². The molecule has 0 radical (unpaired) electrons. The summed E-state index contributed by atoms with van der Waals surface area (Å²) in [5.74, 6) is 0.611. The van der Waals surface area contributed by atoms with Crippen molar-refractivity contribution in [3.8, 4) is 0 Å². The van der Waals surface area contributed by atoms with Crippen molar-refractivity contribution in [3.05, 3.63) is 26.4 Å². The monoisotopic (exact) mass is 300 g/mol. The van der Waals surface area contributed by atoms with Crippen LogP contribution in [0.4, 0.5) is 0 Å². The summed E-state index contributed by atoms with van der Waals surface area (Å²) >= 11 is 5.18. The van der Waals surface area contributed by atoms with E-state index in [4.69, 9.17) is 0 Å². The molecule has 0 bridgehead atoms. The first kappa shape index (κ1) is 12.3. The van der Waals surface area contributed by atoms with Crippen LogP contribution in [0.25, 0.3) is 6.08 Å². The molecule has 0 atom stereocenters. The maximum absolute atomic E-state index is 9.47. The van der Waals surface area contributed by atoms with Crippen LogP contribution in [0.3, 0.4) is 0 Å². The molecule has 1 nitrogen and oxygen atoms in total. The minimum absolute atomic E-state index is 0.209. The molecule has 1 saturated carbocycles. The van der Waals surface area contributed by atoms with Crippen molar-refractivity contribution in [2.45, 2.75) is 32.1 Å². The van der Waals surface area contributed by atoms with Gasteiger partial charge in [0.2, 0.25) is 0 Å². The molecule has 0 aliphatic heterocycles. The van der Waals surface area contributed by atoms with Gasteiger partial charge in [-0.15, -0.1) is 11.3 Å². The lowest BCUT2D eigenvalue weighted by Crippen LogP contribution is -2.11. The van der Waals surface area contributed by atoms with Gasteiger partial charge < -0.3 is 5.11 Å². The molecule has 0 amide bonds. The van der Waals surface area contributed by atoms with Crippen LogP contribution >= 0.6 is 27.3 Å². The van der Waals surface area contributed by atoms with Crippen molar-refractivity contribution >= 4 is 33.3 Å². The number of aliphatic hydroxyl groups excluding tert-OH is 1. The zero-order valence-electron chi connectivity index (χ0n) is 9.29. The minimum atomic E-state index is 0.209. The maximum Gasteiger partial charge on any atom is 0.0648 e. The second-order valence-electron chi connectivity index (χ2n) is 4.38. The highest BCUT2D eigenvalue weighted by Crippen LogP contribution is 2.32. The van der Waals surface area contributed by atoms with Crippen molar-refractivity contribution in [1.29, 1.82) is 0 Å². The fourth-order valence-electron chi connectivity index (χ4n) is 2.35. The Hall–Kier alpha value is -0.120. The van der Waals surface area contributed by atoms with Crippen molar-refractivity contribution in [2.75, 3.05) is 6.61 Å². The van der Waals surface area contributed by atoms with Gasteiger partial charge in [0.05, 0.1) is 6.61 Å². The van der Waals surface area contributed by atoms with Gasteiger partial charge in [-0.05, 0) is 52.4 Å². The summed E-state index contributed by atoms with van der Waals surface area (Å²) in [5, 5.41) is 11.6. The molecule has 2 rings (SSSR count). The van der Waals surface area contributed by atoms with Gasteiger partial charge in [0.1, 0.15) is 0 Å². The summed E-state index contributed by atoms with van der Waals surface area (Å²) in [5.41, 5.74) is 1.22. The molecule has 88 valence electrons. The molecule has 1 aliphatic carbocycles. The fourth-order valence-corrected chi connectivity index (χ4v) is 3.76. The zero-order valence-corrected chi connectivity index (χ0v) is 11.7. The van der Waals surface area contributed by atoms with Gasteiger partial charge in [-0.3, -0.25) is 0 Å². The quantitative estimate of drug-likeness (QED) is 0.873. The average Bonchev–Trinajstić information content (AvgIpc) is 2.73. The fraction of sp³-hybridized carbons (Fsp3) is 0.538. The van der Waals surface area contributed by atoms with Crippen LogP contribution in [0, 0.1) is 5.92 Å². The number of aliphatic hydroxyl groups is 1. The van der Waals surface area contributed by atoms with E-state index in [0.717, 1.165) is 4.47 Å². The highest BCUT2D eigenvalue weighted by molar-refractivity contribution is 9.10. The van der Waals surface area contributed by atoms with Crippen molar-refractivity contribution in [1.82, 2.24) is 0 Å². The summed E-state index contributed by atoms with van der Waals surface area (Å²) in [6.07, 6.45) is 8.66. The van der Waals surface area contributed by atoms with Crippen molar-refractivity contribution in [3.63, 3.8) is 0 Å². The highest BCUT2D eigenvalue weighted by Gasteiger charge is 2.17. The van der Waals surface area contributed by atoms with Crippen LogP contribution in [0.15, 0.2) is 21.5 Å². The van der Waals surface area contributed by atoms with Gasteiger partial charge in [-0.1, -0.05) is 19.3 Å². The van der Waals surface area contributed by atoms with Crippen LogP contribution in [-0.4, -0.2) is 11.7 Å². The van der Waals surface area contributed by atoms with Crippen LogP contribution in [0.5, 0.6) is 0 Å². The Morgan fingerprint density at radius 3 is 2.75 bits per heavy atom. The molecule has 0 saturated heterocycles. The summed E-state index contributed by atoms with van der Waals surface area (Å²) in [6.45, 7) is 0.209. The molecule has 1 aromatic heterocycles. The number of hydrogen-bond acceptors (Lipinski definition) is 2. The Labute approximate surface area is 109 Å². The number of halogens is 1. The van der Waals surface area contributed by atoms with E-state index in [9.17, 15) is 5.11 Å². The van der Waals surface area contributed by atoms with Gasteiger partial charge >= 0.3 is 0 Å². The SMILES string of the molecule is OCC(=Cc1cc(Br)cs1)C1CCCCC1.